The third-order valence-corrected chi connectivity index (χ3v) is 24.7. The molecule has 25 rings (SSSR count). The first-order valence-electron chi connectivity index (χ1n) is 40.2. The fourth-order valence-corrected chi connectivity index (χ4v) is 19.3. The van der Waals surface area contributed by atoms with Crippen LogP contribution in [0.5, 0.6) is 0 Å². The van der Waals surface area contributed by atoms with Crippen LogP contribution in [0.15, 0.2) is 359 Å². The molecule has 1 unspecified atom stereocenters. The Hall–Kier alpha value is -15.6. The molecule has 5 heterocycles. The summed E-state index contributed by atoms with van der Waals surface area (Å²) < 4.78 is 20.3. The number of furan rings is 3. The normalized spacial score (nSPS) is 13.1. The molecule has 9 nitrogen and oxygen atoms in total. The summed E-state index contributed by atoms with van der Waals surface area (Å²) in [6.45, 7) is 2.27. The molecule has 118 heavy (non-hydrogen) atoms. The summed E-state index contributed by atoms with van der Waals surface area (Å²) in [5.41, 5.74) is 30.8. The van der Waals surface area contributed by atoms with Gasteiger partial charge in [0.05, 0.1) is 0 Å². The maximum atomic E-state index is 7.30. The summed E-state index contributed by atoms with van der Waals surface area (Å²) in [5, 5.41) is 12.1. The van der Waals surface area contributed by atoms with Crippen molar-refractivity contribution in [3.05, 3.63) is 357 Å². The van der Waals surface area contributed by atoms with Gasteiger partial charge in [0.1, 0.15) is 33.7 Å². The molecule has 0 aliphatic heterocycles. The minimum absolute atomic E-state index is 0.302. The zero-order chi connectivity index (χ0) is 77.4. The van der Waals surface area contributed by atoms with E-state index in [1.165, 1.54) is 38.4 Å². The van der Waals surface area contributed by atoms with Crippen LogP contribution in [0.1, 0.15) is 30.6 Å². The number of hydrogen-bond acceptors (Lipinski definition) is 9. The molecule has 1 atom stereocenters. The lowest BCUT2D eigenvalue weighted by Gasteiger charge is -2.16. The Morgan fingerprint density at radius 1 is 0.237 bits per heavy atom. The molecular formula is C109H64N6O3. The van der Waals surface area contributed by atoms with Crippen LogP contribution in [-0.2, 0) is 0 Å². The van der Waals surface area contributed by atoms with Gasteiger partial charge in [0, 0.05) is 82.6 Å². The molecule has 3 aliphatic carbocycles. The van der Waals surface area contributed by atoms with Gasteiger partial charge in [0.25, 0.3) is 0 Å². The number of para-hydroxylation sites is 1. The number of aromatic nitrogens is 6. The first-order valence-corrected chi connectivity index (χ1v) is 40.2. The molecule has 5 aromatic heterocycles. The van der Waals surface area contributed by atoms with E-state index in [1.807, 2.05) is 18.2 Å². The molecule has 0 saturated carbocycles. The average molecular weight is 1510 g/mol. The zero-order valence-electron chi connectivity index (χ0n) is 63.7. The predicted molar refractivity (Wildman–Crippen MR) is 481 cm³/mol. The molecule has 0 saturated heterocycles. The molecule has 17 aromatic carbocycles. The third-order valence-electron chi connectivity index (χ3n) is 24.7. The minimum atomic E-state index is 0.302. The molecule has 0 amide bonds. The molecule has 0 spiro atoms. The van der Waals surface area contributed by atoms with Crippen molar-refractivity contribution in [1.82, 2.24) is 29.9 Å². The average Bonchev–Trinajstić information content (AvgIpc) is 1.54. The van der Waals surface area contributed by atoms with Crippen molar-refractivity contribution in [2.75, 3.05) is 0 Å². The van der Waals surface area contributed by atoms with Gasteiger partial charge < -0.3 is 13.3 Å². The highest BCUT2D eigenvalue weighted by Gasteiger charge is 2.33. The van der Waals surface area contributed by atoms with E-state index in [2.05, 4.69) is 341 Å². The second kappa shape index (κ2) is 25.7. The number of nitrogens with zero attached hydrogens (tertiary/aromatic N) is 6. The summed E-state index contributed by atoms with van der Waals surface area (Å²) in [6, 6.07) is 121. The van der Waals surface area contributed by atoms with Crippen molar-refractivity contribution in [1.29, 1.82) is 0 Å². The van der Waals surface area contributed by atoms with Crippen LogP contribution in [0.4, 0.5) is 0 Å². The number of allylic oxidation sites excluding steroid dienone is 1. The highest BCUT2D eigenvalue weighted by atomic mass is 16.3. The van der Waals surface area contributed by atoms with Crippen LogP contribution in [0, 0.1) is 0 Å². The summed E-state index contributed by atoms with van der Waals surface area (Å²) in [5.74, 6) is 4.68. The van der Waals surface area contributed by atoms with Crippen molar-refractivity contribution in [2.45, 2.75) is 19.3 Å². The van der Waals surface area contributed by atoms with Crippen LogP contribution >= 0.6 is 0 Å². The number of benzene rings is 17. The maximum absolute atomic E-state index is 7.30. The largest absolute Gasteiger partial charge is 0.456 e. The number of rotatable bonds is 11. The molecule has 0 N–H and O–H groups in total. The Bertz CT molecular complexity index is 8120. The van der Waals surface area contributed by atoms with Gasteiger partial charge in [-0.05, 0) is 225 Å². The van der Waals surface area contributed by atoms with Crippen LogP contribution in [0.2, 0.25) is 0 Å². The molecule has 548 valence electrons. The Morgan fingerprint density at radius 2 is 0.712 bits per heavy atom. The van der Waals surface area contributed by atoms with E-state index in [4.69, 9.17) is 43.2 Å². The molecule has 0 fully saturated rings. The fourth-order valence-electron chi connectivity index (χ4n) is 19.3. The molecule has 0 radical (unpaired) electrons. The monoisotopic (exact) mass is 1500 g/mol. The molecule has 0 bridgehead atoms. The Labute approximate surface area is 676 Å². The highest BCUT2D eigenvalue weighted by Crippen LogP contribution is 2.58. The number of hydrogen-bond donors (Lipinski definition) is 0. The topological polar surface area (TPSA) is 117 Å². The van der Waals surface area contributed by atoms with Crippen LogP contribution in [-0.4, -0.2) is 29.9 Å². The number of fused-ring (bicyclic) bond motifs is 18. The van der Waals surface area contributed by atoms with E-state index >= 15 is 0 Å². The van der Waals surface area contributed by atoms with E-state index in [-0.39, 0.29) is 0 Å². The van der Waals surface area contributed by atoms with Crippen LogP contribution in [0.25, 0.3) is 262 Å². The van der Waals surface area contributed by atoms with Gasteiger partial charge in [-0.3, -0.25) is 0 Å². The van der Waals surface area contributed by atoms with E-state index < -0.39 is 0 Å². The van der Waals surface area contributed by atoms with Crippen molar-refractivity contribution in [3.63, 3.8) is 0 Å². The van der Waals surface area contributed by atoms with Crippen molar-refractivity contribution in [2.24, 2.45) is 0 Å². The lowest BCUT2D eigenvalue weighted by Crippen LogP contribution is -2.01. The van der Waals surface area contributed by atoms with E-state index in [9.17, 15) is 0 Å². The van der Waals surface area contributed by atoms with Crippen LogP contribution in [0.3, 0.4) is 0 Å². The van der Waals surface area contributed by atoms with Gasteiger partial charge in [-0.25, -0.2) is 29.9 Å². The predicted octanol–water partition coefficient (Wildman–Crippen LogP) is 29.2. The van der Waals surface area contributed by atoms with Gasteiger partial charge in [0.2, 0.25) is 0 Å². The maximum Gasteiger partial charge on any atom is 0.164 e. The van der Waals surface area contributed by atoms with E-state index in [0.717, 1.165) is 200 Å². The lowest BCUT2D eigenvalue weighted by atomic mass is 9.87. The molecular weight excluding hydrogens is 1440 g/mol. The van der Waals surface area contributed by atoms with Gasteiger partial charge in [-0.15, -0.1) is 0 Å². The van der Waals surface area contributed by atoms with Crippen molar-refractivity contribution >= 4 is 93.2 Å². The smallest absolute Gasteiger partial charge is 0.164 e. The van der Waals surface area contributed by atoms with Gasteiger partial charge in [-0.2, -0.15) is 0 Å². The van der Waals surface area contributed by atoms with Crippen molar-refractivity contribution < 1.29 is 13.3 Å². The van der Waals surface area contributed by atoms with Gasteiger partial charge >= 0.3 is 0 Å². The quantitative estimate of drug-likeness (QED) is 0.125. The van der Waals surface area contributed by atoms with Gasteiger partial charge in [-0.1, -0.05) is 262 Å². The zero-order valence-corrected chi connectivity index (χ0v) is 63.7. The SMILES string of the molecule is CC1CC=Cc2oc3ccc(-c4nc(-c5cccc(-c6ccccc6)c5)nc(-c5ccc(-c6cc7c(oc8ccc(-c9ccccc9-c9cccc(-c%10nc(-c%11cccc(-c%12ccccc%12)c%11)nc(-c%11cc%12c%13c(cccc%13c%11)-c%11ccc%13oc%14ccccc%14c%13c%11-%12)n%10)c9)cc87)c7c6-c6cccc8cccc-7c68)c6ccccc56)n4)cc3c21. The van der Waals surface area contributed by atoms with E-state index in [1.54, 1.807) is 0 Å². The highest BCUT2D eigenvalue weighted by molar-refractivity contribution is 6.29. The Kier molecular flexibility index (Phi) is 14.4. The third kappa shape index (κ3) is 10.2. The molecule has 9 heteroatoms. The van der Waals surface area contributed by atoms with E-state index in [0.29, 0.717) is 40.9 Å². The lowest BCUT2D eigenvalue weighted by molar-refractivity contribution is 0.586. The second-order valence-electron chi connectivity index (χ2n) is 31.4. The fraction of sp³-hybridized carbons (Fsp3) is 0.0275. The second-order valence-corrected chi connectivity index (χ2v) is 31.4. The first-order chi connectivity index (χ1) is 58.4. The Morgan fingerprint density at radius 3 is 1.41 bits per heavy atom. The summed E-state index contributed by atoms with van der Waals surface area (Å²) in [6.07, 6.45) is 5.26. The van der Waals surface area contributed by atoms with Gasteiger partial charge in [0.15, 0.2) is 34.9 Å². The van der Waals surface area contributed by atoms with Crippen LogP contribution < -0.4 is 0 Å². The summed E-state index contributed by atoms with van der Waals surface area (Å²) in [4.78, 5) is 32.7. The summed E-state index contributed by atoms with van der Waals surface area (Å²) >= 11 is 0. The minimum Gasteiger partial charge on any atom is -0.456 e. The molecule has 3 aliphatic rings. The standard InChI is InChI=1S/C109H64N6O3/c1-61-21-14-44-94-96(61)89-58-73(46-51-93(89)117-94)107-111-106(71-33-16-29-66(54-71)63-24-6-3-7-25-63)114-109(115-107)82-48-47-79(77-37-10-11-38-78(77)82)87-60-88-86-57-68(45-50-92(86)118-103(88)102-85-42-19-27-64-26-18-41-84(97(64)85)100(87)102)76-36-9-8-35-75(76)67-30-17-34-72(55-67)105-110-104(70-32-15-28-65(53-70)62-22-4-2-5-23-62)112-108(113-105)74-56-69-31-20-40-80-81-49-52-95-101(99(81)90(59-74)98(69)80)83-39-12-13-43-91(83)116-95/h2-20,22-61H,21H2,1H3. The molecule has 22 aromatic rings. The summed E-state index contributed by atoms with van der Waals surface area (Å²) in [7, 11) is 0. The Balaban J connectivity index is 0.633. The first kappa shape index (κ1) is 65.9. The van der Waals surface area contributed by atoms with Crippen molar-refractivity contribution in [3.8, 4) is 168 Å².